The van der Waals surface area contributed by atoms with Gasteiger partial charge in [-0.2, -0.15) is 0 Å². The summed E-state index contributed by atoms with van der Waals surface area (Å²) in [5.41, 5.74) is 3.08. The standard InChI is InChI=1S/C38H61NO4S2/c1-34(2,3)28-22-26(23-29(32(28)40)35(4,5)6)44-38(12,13)45-27-24-30(36(7,8)9)33(41)31(25-27)37(10,11)14-18-42-19-15-39-16-20-43-21-17-39/h22-25,40-41H,14-21H2,1-13H3. The van der Waals surface area contributed by atoms with Crippen LogP contribution in [0.15, 0.2) is 34.1 Å². The molecule has 0 aliphatic carbocycles. The van der Waals surface area contributed by atoms with Crippen molar-refractivity contribution in [1.29, 1.82) is 0 Å². The van der Waals surface area contributed by atoms with Crippen molar-refractivity contribution in [3.63, 3.8) is 0 Å². The molecule has 0 unspecified atom stereocenters. The van der Waals surface area contributed by atoms with Gasteiger partial charge in [0.05, 0.1) is 23.9 Å². The Hall–Kier alpha value is -1.38. The number of rotatable bonds is 11. The van der Waals surface area contributed by atoms with Gasteiger partial charge in [-0.25, -0.2) is 0 Å². The lowest BCUT2D eigenvalue weighted by Crippen LogP contribution is -2.38. The first-order valence-electron chi connectivity index (χ1n) is 16.5. The molecule has 5 nitrogen and oxygen atoms in total. The van der Waals surface area contributed by atoms with Crippen LogP contribution in [0.4, 0.5) is 0 Å². The Bertz CT molecular complexity index is 1260. The number of phenols is 2. The van der Waals surface area contributed by atoms with Gasteiger partial charge in [0.15, 0.2) is 0 Å². The highest BCUT2D eigenvalue weighted by molar-refractivity contribution is 8.18. The molecule has 1 fully saturated rings. The van der Waals surface area contributed by atoms with Crippen LogP contribution >= 0.6 is 23.5 Å². The van der Waals surface area contributed by atoms with Gasteiger partial charge in [-0.3, -0.25) is 4.90 Å². The Labute approximate surface area is 283 Å². The van der Waals surface area contributed by atoms with E-state index >= 15 is 0 Å². The molecule has 1 saturated heterocycles. The number of hydrogen-bond donors (Lipinski definition) is 2. The number of thioether (sulfide) groups is 2. The van der Waals surface area contributed by atoms with Crippen molar-refractivity contribution in [3.8, 4) is 11.5 Å². The van der Waals surface area contributed by atoms with Crippen molar-refractivity contribution >= 4 is 23.5 Å². The van der Waals surface area contributed by atoms with E-state index in [-0.39, 0.29) is 25.7 Å². The van der Waals surface area contributed by atoms with Crippen molar-refractivity contribution in [2.24, 2.45) is 0 Å². The predicted molar refractivity (Wildman–Crippen MR) is 194 cm³/mol. The second kappa shape index (κ2) is 14.4. The normalized spacial score (nSPS) is 15.9. The molecule has 1 aliphatic rings. The predicted octanol–water partition coefficient (Wildman–Crippen LogP) is 9.63. The average molecular weight is 660 g/mol. The van der Waals surface area contributed by atoms with E-state index in [1.165, 1.54) is 0 Å². The van der Waals surface area contributed by atoms with Gasteiger partial charge in [-0.05, 0) is 66.2 Å². The summed E-state index contributed by atoms with van der Waals surface area (Å²) in [4.78, 5) is 4.70. The highest BCUT2D eigenvalue weighted by Gasteiger charge is 2.33. The van der Waals surface area contributed by atoms with Crippen LogP contribution in [-0.2, 0) is 31.1 Å². The SMILES string of the molecule is CC(C)(Sc1cc(C(C)(C)C)c(O)c(C(C)(C)C)c1)Sc1cc(C(C)(C)C)c(O)c(C(C)(C)CCOCCN2CCOCC2)c1. The van der Waals surface area contributed by atoms with Crippen molar-refractivity contribution in [1.82, 2.24) is 4.90 Å². The molecule has 254 valence electrons. The van der Waals surface area contributed by atoms with Crippen LogP contribution in [-0.4, -0.2) is 65.3 Å². The molecule has 2 N–H and O–H groups in total. The van der Waals surface area contributed by atoms with E-state index < -0.39 is 0 Å². The third kappa shape index (κ3) is 10.6. The second-order valence-electron chi connectivity index (χ2n) is 16.8. The number of benzene rings is 2. The van der Waals surface area contributed by atoms with E-state index in [0.29, 0.717) is 24.7 Å². The van der Waals surface area contributed by atoms with Gasteiger partial charge in [0.1, 0.15) is 11.5 Å². The maximum Gasteiger partial charge on any atom is 0.123 e. The fourth-order valence-corrected chi connectivity index (χ4v) is 8.32. The minimum absolute atomic E-state index is 0.177. The van der Waals surface area contributed by atoms with Gasteiger partial charge in [0.25, 0.3) is 0 Å². The molecule has 1 aliphatic heterocycles. The van der Waals surface area contributed by atoms with Crippen molar-refractivity contribution < 1.29 is 19.7 Å². The molecular formula is C38H61NO4S2. The molecule has 0 spiro atoms. The first-order chi connectivity index (χ1) is 20.5. The molecule has 0 bridgehead atoms. The summed E-state index contributed by atoms with van der Waals surface area (Å²) in [6, 6.07) is 8.72. The summed E-state index contributed by atoms with van der Waals surface area (Å²) in [5.74, 6) is 0.814. The first-order valence-corrected chi connectivity index (χ1v) is 18.2. The zero-order chi connectivity index (χ0) is 34.0. The highest BCUT2D eigenvalue weighted by Crippen LogP contribution is 2.51. The van der Waals surface area contributed by atoms with Gasteiger partial charge in [0.2, 0.25) is 0 Å². The number of morpholine rings is 1. The van der Waals surface area contributed by atoms with Crippen LogP contribution in [0.1, 0.15) is 119 Å². The fraction of sp³-hybridized carbons (Fsp3) is 0.684. The molecule has 1 heterocycles. The van der Waals surface area contributed by atoms with Crippen molar-refractivity contribution in [2.45, 2.75) is 132 Å². The zero-order valence-electron chi connectivity index (χ0n) is 30.4. The lowest BCUT2D eigenvalue weighted by atomic mass is 9.77. The molecule has 2 aromatic carbocycles. The molecule has 7 heteroatoms. The van der Waals surface area contributed by atoms with Crippen LogP contribution in [0, 0.1) is 0 Å². The fourth-order valence-electron chi connectivity index (χ4n) is 5.74. The number of phenolic OH excluding ortho intramolecular Hbond substituents is 2. The van der Waals surface area contributed by atoms with E-state index in [0.717, 1.165) is 71.3 Å². The molecule has 0 radical (unpaired) electrons. The van der Waals surface area contributed by atoms with Crippen molar-refractivity contribution in [2.75, 3.05) is 46.1 Å². The smallest absolute Gasteiger partial charge is 0.123 e. The summed E-state index contributed by atoms with van der Waals surface area (Å²) < 4.78 is 11.3. The largest absolute Gasteiger partial charge is 0.507 e. The van der Waals surface area contributed by atoms with Crippen LogP contribution in [0.25, 0.3) is 0 Å². The molecule has 0 aromatic heterocycles. The summed E-state index contributed by atoms with van der Waals surface area (Å²) in [6.45, 7) is 34.2. The topological polar surface area (TPSA) is 62.2 Å². The highest BCUT2D eigenvalue weighted by atomic mass is 32.2. The lowest BCUT2D eigenvalue weighted by Gasteiger charge is -2.33. The number of ether oxygens (including phenoxy) is 2. The van der Waals surface area contributed by atoms with Crippen LogP contribution < -0.4 is 0 Å². The Balaban J connectivity index is 1.87. The number of nitrogens with zero attached hydrogens (tertiary/aromatic N) is 1. The van der Waals surface area contributed by atoms with Crippen LogP contribution in [0.5, 0.6) is 11.5 Å². The monoisotopic (exact) mass is 659 g/mol. The van der Waals surface area contributed by atoms with E-state index in [1.807, 2.05) is 23.5 Å². The van der Waals surface area contributed by atoms with Gasteiger partial charge >= 0.3 is 0 Å². The van der Waals surface area contributed by atoms with E-state index in [4.69, 9.17) is 9.47 Å². The summed E-state index contributed by atoms with van der Waals surface area (Å²) in [7, 11) is 0. The van der Waals surface area contributed by atoms with E-state index in [1.54, 1.807) is 0 Å². The molecule has 0 atom stereocenters. The zero-order valence-corrected chi connectivity index (χ0v) is 32.1. The minimum atomic E-state index is -0.267. The molecule has 0 saturated carbocycles. The van der Waals surface area contributed by atoms with E-state index in [9.17, 15) is 10.2 Å². The van der Waals surface area contributed by atoms with Crippen molar-refractivity contribution in [3.05, 3.63) is 46.5 Å². The number of hydrogen-bond acceptors (Lipinski definition) is 7. The van der Waals surface area contributed by atoms with E-state index in [2.05, 4.69) is 119 Å². The molecule has 45 heavy (non-hydrogen) atoms. The third-order valence-corrected chi connectivity index (χ3v) is 11.0. The quantitative estimate of drug-likeness (QED) is 0.142. The molecule has 0 amide bonds. The summed E-state index contributed by atoms with van der Waals surface area (Å²) >= 11 is 3.66. The summed E-state index contributed by atoms with van der Waals surface area (Å²) in [6.07, 6.45) is 0.818. The third-order valence-electron chi connectivity index (χ3n) is 8.57. The Morgan fingerprint density at radius 3 is 1.47 bits per heavy atom. The Kier molecular flexibility index (Phi) is 12.2. The molecular weight excluding hydrogens is 599 g/mol. The molecule has 3 rings (SSSR count). The van der Waals surface area contributed by atoms with Gasteiger partial charge in [-0.1, -0.05) is 76.2 Å². The van der Waals surface area contributed by atoms with Gasteiger partial charge in [-0.15, -0.1) is 23.5 Å². The van der Waals surface area contributed by atoms with Gasteiger partial charge < -0.3 is 19.7 Å². The maximum absolute atomic E-state index is 11.6. The number of aromatic hydroxyl groups is 2. The second-order valence-corrected chi connectivity index (χ2v) is 20.4. The Morgan fingerprint density at radius 2 is 1.04 bits per heavy atom. The van der Waals surface area contributed by atoms with Gasteiger partial charge in [0, 0.05) is 58.3 Å². The Morgan fingerprint density at radius 1 is 0.644 bits per heavy atom. The van der Waals surface area contributed by atoms with Crippen LogP contribution in [0.3, 0.4) is 0 Å². The molecule has 2 aromatic rings. The summed E-state index contributed by atoms with van der Waals surface area (Å²) in [5, 5.41) is 22.9. The maximum atomic E-state index is 11.6. The average Bonchev–Trinajstić information content (AvgIpc) is 2.88. The lowest BCUT2D eigenvalue weighted by molar-refractivity contribution is 0.0188. The minimum Gasteiger partial charge on any atom is -0.507 e. The van der Waals surface area contributed by atoms with Crippen LogP contribution in [0.2, 0.25) is 0 Å². The first kappa shape index (κ1) is 38.1.